The third kappa shape index (κ3) is 8.99. The Labute approximate surface area is 179 Å². The van der Waals surface area contributed by atoms with Crippen molar-refractivity contribution in [1.82, 2.24) is 10.2 Å². The number of nitrogens with zero attached hydrogens (tertiary/aromatic N) is 2. The van der Waals surface area contributed by atoms with Crippen LogP contribution in [0.4, 0.5) is 0 Å². The van der Waals surface area contributed by atoms with Gasteiger partial charge in [0.05, 0.1) is 6.21 Å². The van der Waals surface area contributed by atoms with E-state index in [1.54, 1.807) is 0 Å². The average molecular weight is 420 g/mol. The number of oxime groups is 1. The summed E-state index contributed by atoms with van der Waals surface area (Å²) in [4.78, 5) is 8.43. The van der Waals surface area contributed by atoms with Crippen molar-refractivity contribution < 1.29 is 9.26 Å². The molecule has 5 nitrogen and oxygen atoms in total. The Morgan fingerprint density at radius 1 is 1.14 bits per heavy atom. The molecule has 1 unspecified atom stereocenters. The van der Waals surface area contributed by atoms with E-state index in [2.05, 4.69) is 49.2 Å². The Morgan fingerprint density at radius 3 is 2.48 bits per heavy atom. The molecule has 1 aliphatic heterocycles. The van der Waals surface area contributed by atoms with Crippen LogP contribution < -0.4 is 5.32 Å². The van der Waals surface area contributed by atoms with Crippen LogP contribution in [0.15, 0.2) is 35.5 Å². The van der Waals surface area contributed by atoms with Gasteiger partial charge >= 0.3 is 0 Å². The summed E-state index contributed by atoms with van der Waals surface area (Å²) in [7, 11) is -1.68. The van der Waals surface area contributed by atoms with E-state index in [9.17, 15) is 0 Å². The molecule has 0 amide bonds. The van der Waals surface area contributed by atoms with Gasteiger partial charge in [0.2, 0.25) is 0 Å². The molecule has 1 aromatic rings. The van der Waals surface area contributed by atoms with Crippen LogP contribution in [0.25, 0.3) is 0 Å². The molecule has 1 aliphatic rings. The maximum atomic E-state index is 6.34. The third-order valence-electron chi connectivity index (χ3n) is 6.13. The van der Waals surface area contributed by atoms with E-state index >= 15 is 0 Å². The molecule has 1 saturated heterocycles. The largest absolute Gasteiger partial charge is 0.417 e. The molecule has 0 aliphatic carbocycles. The van der Waals surface area contributed by atoms with Crippen LogP contribution in [-0.4, -0.2) is 64.9 Å². The molecule has 1 fully saturated rings. The van der Waals surface area contributed by atoms with Crippen molar-refractivity contribution in [3.8, 4) is 0 Å². The number of benzene rings is 1. The Morgan fingerprint density at radius 2 is 1.83 bits per heavy atom. The van der Waals surface area contributed by atoms with Gasteiger partial charge in [-0.05, 0) is 43.0 Å². The van der Waals surface area contributed by atoms with Crippen LogP contribution in [0.2, 0.25) is 18.1 Å². The minimum Gasteiger partial charge on any atom is -0.417 e. The fourth-order valence-electron chi connectivity index (χ4n) is 3.08. The molecule has 29 heavy (non-hydrogen) atoms. The zero-order valence-electron chi connectivity index (χ0n) is 19.1. The van der Waals surface area contributed by atoms with E-state index in [4.69, 9.17) is 9.26 Å². The second kappa shape index (κ2) is 11.8. The van der Waals surface area contributed by atoms with E-state index < -0.39 is 8.32 Å². The third-order valence-corrected chi connectivity index (χ3v) is 10.7. The highest BCUT2D eigenvalue weighted by molar-refractivity contribution is 6.74. The van der Waals surface area contributed by atoms with Crippen LogP contribution in [-0.2, 0) is 9.26 Å². The second-order valence-corrected chi connectivity index (χ2v) is 14.3. The van der Waals surface area contributed by atoms with Crippen molar-refractivity contribution in [1.29, 1.82) is 0 Å². The first-order valence-corrected chi connectivity index (χ1v) is 14.0. The average Bonchev–Trinajstić information content (AvgIpc) is 2.69. The van der Waals surface area contributed by atoms with Gasteiger partial charge in [-0.2, -0.15) is 0 Å². The molecule has 0 spiro atoms. The lowest BCUT2D eigenvalue weighted by Gasteiger charge is -2.36. The molecular weight excluding hydrogens is 378 g/mol. The number of nitrogens with one attached hydrogen (secondary N) is 1. The van der Waals surface area contributed by atoms with Crippen LogP contribution in [0, 0.1) is 0 Å². The number of rotatable bonds is 11. The lowest BCUT2D eigenvalue weighted by atomic mass is 10.1. The first kappa shape index (κ1) is 24.1. The lowest BCUT2D eigenvalue weighted by molar-refractivity contribution is 0.0349. The summed E-state index contributed by atoms with van der Waals surface area (Å²) in [6, 6.07) is 10.1. The van der Waals surface area contributed by atoms with Crippen molar-refractivity contribution in [3.63, 3.8) is 0 Å². The summed E-state index contributed by atoms with van der Waals surface area (Å²) >= 11 is 0. The SMILES string of the molecule is CC(C)(C)[Si](C)(C)OCCCC(CCN1CCNCC1)O/N=C/c1ccccc1. The van der Waals surface area contributed by atoms with Gasteiger partial charge in [-0.3, -0.25) is 0 Å². The predicted octanol–water partition coefficient (Wildman–Crippen LogP) is 4.50. The van der Waals surface area contributed by atoms with Gasteiger partial charge in [-0.25, -0.2) is 0 Å². The predicted molar refractivity (Wildman–Crippen MR) is 125 cm³/mol. The summed E-state index contributed by atoms with van der Waals surface area (Å²) in [6.07, 6.45) is 4.94. The fourth-order valence-corrected chi connectivity index (χ4v) is 4.17. The number of hydrogen-bond donors (Lipinski definition) is 1. The molecule has 1 atom stereocenters. The molecule has 1 N–H and O–H groups in total. The minimum atomic E-state index is -1.68. The van der Waals surface area contributed by atoms with Crippen LogP contribution >= 0.6 is 0 Å². The quantitative estimate of drug-likeness (QED) is 0.248. The number of hydrogen-bond acceptors (Lipinski definition) is 5. The molecule has 2 rings (SSSR count). The van der Waals surface area contributed by atoms with Crippen molar-refractivity contribution in [2.75, 3.05) is 39.3 Å². The zero-order valence-corrected chi connectivity index (χ0v) is 20.1. The summed E-state index contributed by atoms with van der Waals surface area (Å²) in [6.45, 7) is 17.8. The van der Waals surface area contributed by atoms with Crippen molar-refractivity contribution >= 4 is 14.5 Å². The van der Waals surface area contributed by atoms with Crippen LogP contribution in [0.1, 0.15) is 45.6 Å². The van der Waals surface area contributed by atoms with Gasteiger partial charge in [0.25, 0.3) is 0 Å². The summed E-state index contributed by atoms with van der Waals surface area (Å²) in [5.41, 5.74) is 1.06. The Bertz CT molecular complexity index is 596. The van der Waals surface area contributed by atoms with Gasteiger partial charge in [0.1, 0.15) is 6.10 Å². The molecule has 6 heteroatoms. The molecule has 1 heterocycles. The molecule has 0 aromatic heterocycles. The first-order chi connectivity index (χ1) is 13.8. The summed E-state index contributed by atoms with van der Waals surface area (Å²) in [5, 5.41) is 7.95. The van der Waals surface area contributed by atoms with E-state index in [0.717, 1.165) is 64.2 Å². The van der Waals surface area contributed by atoms with Gasteiger partial charge in [0, 0.05) is 39.3 Å². The molecule has 164 valence electrons. The van der Waals surface area contributed by atoms with E-state index in [1.165, 1.54) is 0 Å². The minimum absolute atomic E-state index is 0.132. The smallest absolute Gasteiger partial charge is 0.191 e. The number of piperazine rings is 1. The lowest BCUT2D eigenvalue weighted by Crippen LogP contribution is -2.44. The van der Waals surface area contributed by atoms with Gasteiger partial charge in [-0.15, -0.1) is 0 Å². The fraction of sp³-hybridized carbons (Fsp3) is 0.696. The molecule has 1 aromatic carbocycles. The summed E-state index contributed by atoms with van der Waals surface area (Å²) in [5.74, 6) is 0. The van der Waals surface area contributed by atoms with Gasteiger partial charge in [-0.1, -0.05) is 56.3 Å². The van der Waals surface area contributed by atoms with E-state index in [-0.39, 0.29) is 11.1 Å². The van der Waals surface area contributed by atoms with Crippen molar-refractivity contribution in [2.45, 2.75) is 64.3 Å². The van der Waals surface area contributed by atoms with Gasteiger partial charge < -0.3 is 19.5 Å². The summed E-state index contributed by atoms with van der Waals surface area (Å²) < 4.78 is 6.34. The molecule has 0 radical (unpaired) electrons. The maximum Gasteiger partial charge on any atom is 0.191 e. The first-order valence-electron chi connectivity index (χ1n) is 11.1. The van der Waals surface area contributed by atoms with E-state index in [1.807, 2.05) is 36.5 Å². The highest BCUT2D eigenvalue weighted by Crippen LogP contribution is 2.36. The molecule has 0 saturated carbocycles. The van der Waals surface area contributed by atoms with Crippen LogP contribution in [0.3, 0.4) is 0 Å². The standard InChI is InChI=1S/C23H41N3O2Si/c1-23(2,3)29(4,5)27-19-9-12-22(13-16-26-17-14-24-15-18-26)28-25-20-21-10-7-6-8-11-21/h6-8,10-11,20,22,24H,9,12-19H2,1-5H3/b25-20+. The Balaban J connectivity index is 1.81. The highest BCUT2D eigenvalue weighted by Gasteiger charge is 2.36. The van der Waals surface area contributed by atoms with E-state index in [0.29, 0.717) is 0 Å². The maximum absolute atomic E-state index is 6.34. The van der Waals surface area contributed by atoms with Crippen LogP contribution in [0.5, 0.6) is 0 Å². The van der Waals surface area contributed by atoms with Crippen molar-refractivity contribution in [3.05, 3.63) is 35.9 Å². The van der Waals surface area contributed by atoms with Crippen molar-refractivity contribution in [2.24, 2.45) is 5.16 Å². The highest BCUT2D eigenvalue weighted by atomic mass is 28.4. The molecular formula is C23H41N3O2Si. The Hall–Kier alpha value is -1.21. The Kier molecular flexibility index (Phi) is 9.82. The van der Waals surface area contributed by atoms with Gasteiger partial charge in [0.15, 0.2) is 8.32 Å². The normalized spacial score (nSPS) is 17.6. The molecule has 0 bridgehead atoms. The monoisotopic (exact) mass is 419 g/mol. The zero-order chi connectivity index (χ0) is 21.2. The topological polar surface area (TPSA) is 46.1 Å². The second-order valence-electron chi connectivity index (χ2n) is 9.50.